The van der Waals surface area contributed by atoms with Gasteiger partial charge in [0.2, 0.25) is 0 Å². The molecule has 5 nitrogen and oxygen atoms in total. The zero-order chi connectivity index (χ0) is 43.0. The lowest BCUT2D eigenvalue weighted by Crippen LogP contribution is -2.10. The second-order valence-corrected chi connectivity index (χ2v) is 18.8. The fourth-order valence-electron chi connectivity index (χ4n) is 9.21. The summed E-state index contributed by atoms with van der Waals surface area (Å²) in [4.78, 5) is 10.7. The van der Waals surface area contributed by atoms with E-state index in [1.165, 1.54) is 32.9 Å². The van der Waals surface area contributed by atoms with Gasteiger partial charge in [-0.15, -0.1) is 0 Å². The van der Waals surface area contributed by atoms with Crippen molar-refractivity contribution in [2.45, 2.75) is 52.4 Å². The first kappa shape index (κ1) is 38.4. The Balaban J connectivity index is 1.12. The third-order valence-electron chi connectivity index (χ3n) is 12.6. The molecule has 63 heavy (non-hydrogen) atoms. The van der Waals surface area contributed by atoms with Crippen LogP contribution in [0.15, 0.2) is 188 Å². The minimum absolute atomic E-state index is 0.0370. The van der Waals surface area contributed by atoms with E-state index in [2.05, 4.69) is 243 Å². The van der Waals surface area contributed by atoms with Gasteiger partial charge in [0, 0.05) is 39.0 Å². The molecule has 8 aromatic carbocycles. The Kier molecular flexibility index (Phi) is 8.88. The van der Waals surface area contributed by atoms with E-state index in [1.807, 2.05) is 0 Å². The van der Waals surface area contributed by atoms with Crippen molar-refractivity contribution in [1.29, 1.82) is 0 Å². The van der Waals surface area contributed by atoms with Crippen molar-refractivity contribution in [3.05, 3.63) is 199 Å². The van der Waals surface area contributed by atoms with Crippen LogP contribution in [0.2, 0.25) is 0 Å². The van der Waals surface area contributed by atoms with Crippen molar-refractivity contribution in [3.8, 4) is 51.0 Å². The minimum atomic E-state index is 0.0370. The van der Waals surface area contributed by atoms with Crippen LogP contribution < -0.4 is 0 Å². The monoisotopic (exact) mass is 815 g/mol. The minimum Gasteiger partial charge on any atom is -0.309 e. The van der Waals surface area contributed by atoms with E-state index in [0.717, 1.165) is 73.0 Å². The van der Waals surface area contributed by atoms with Crippen molar-refractivity contribution >= 4 is 43.9 Å². The average Bonchev–Trinajstić information content (AvgIpc) is 3.99. The number of benzene rings is 8. The molecule has 0 fully saturated rings. The van der Waals surface area contributed by atoms with Crippen LogP contribution >= 0.6 is 0 Å². The fourth-order valence-corrected chi connectivity index (χ4v) is 9.21. The Morgan fingerprint density at radius 2 is 0.714 bits per heavy atom. The number of para-hydroxylation sites is 6. The molecule has 0 aliphatic heterocycles. The first-order chi connectivity index (χ1) is 30.5. The quantitative estimate of drug-likeness (QED) is 0.168. The van der Waals surface area contributed by atoms with Gasteiger partial charge in [0.05, 0.1) is 33.1 Å². The third-order valence-corrected chi connectivity index (χ3v) is 12.6. The Morgan fingerprint density at radius 1 is 0.317 bits per heavy atom. The highest BCUT2D eigenvalue weighted by molar-refractivity contribution is 6.10. The predicted octanol–water partition coefficient (Wildman–Crippen LogP) is 15.1. The zero-order valence-electron chi connectivity index (χ0n) is 36.6. The summed E-state index contributed by atoms with van der Waals surface area (Å²) in [6, 6.07) is 67.8. The molecule has 0 spiro atoms. The first-order valence-electron chi connectivity index (χ1n) is 21.9. The molecule has 0 aliphatic carbocycles. The number of hydrogen-bond donors (Lipinski definition) is 0. The maximum absolute atomic E-state index is 5.33. The van der Waals surface area contributed by atoms with Gasteiger partial charge < -0.3 is 4.57 Å². The van der Waals surface area contributed by atoms with E-state index in [0.29, 0.717) is 0 Å². The van der Waals surface area contributed by atoms with Crippen molar-refractivity contribution < 1.29 is 0 Å². The number of fused-ring (bicyclic) bond motifs is 5. The standard InChI is InChI=1S/C58H49N5/c1-57(2,3)42-27-31-51-47(36-42)48-37-43(58(4,5)6)28-32-52(48)61(51)46-29-25-38(26-30-46)39-33-40(55-59-49-21-13-15-23-53(49)62(55)44-17-9-7-10-18-44)35-41(34-39)56-60-50-22-14-16-24-54(50)63(56)45-19-11-8-12-20-45/h7-37H,1-6H3. The summed E-state index contributed by atoms with van der Waals surface area (Å²) in [7, 11) is 0. The average molecular weight is 816 g/mol. The van der Waals surface area contributed by atoms with Gasteiger partial charge in [0.1, 0.15) is 11.6 Å². The van der Waals surface area contributed by atoms with E-state index < -0.39 is 0 Å². The van der Waals surface area contributed by atoms with Crippen LogP contribution in [-0.2, 0) is 10.8 Å². The molecule has 0 saturated carbocycles. The molecule has 3 aromatic heterocycles. The lowest BCUT2D eigenvalue weighted by molar-refractivity contribution is 0.590. The Morgan fingerprint density at radius 3 is 1.16 bits per heavy atom. The summed E-state index contributed by atoms with van der Waals surface area (Å²) < 4.78 is 6.99. The van der Waals surface area contributed by atoms with Gasteiger partial charge in [-0.05, 0) is 136 Å². The van der Waals surface area contributed by atoms with Crippen molar-refractivity contribution in [2.75, 3.05) is 0 Å². The molecule has 11 rings (SSSR count). The van der Waals surface area contributed by atoms with Crippen molar-refractivity contribution in [3.63, 3.8) is 0 Å². The lowest BCUT2D eigenvalue weighted by atomic mass is 9.85. The Bertz CT molecular complexity index is 3290. The lowest BCUT2D eigenvalue weighted by Gasteiger charge is -2.19. The van der Waals surface area contributed by atoms with Crippen molar-refractivity contribution in [1.82, 2.24) is 23.7 Å². The van der Waals surface area contributed by atoms with E-state index in [9.17, 15) is 0 Å². The molecule has 3 heterocycles. The summed E-state index contributed by atoms with van der Waals surface area (Å²) >= 11 is 0. The van der Waals surface area contributed by atoms with Gasteiger partial charge in [0.25, 0.3) is 0 Å². The van der Waals surface area contributed by atoms with E-state index in [4.69, 9.17) is 9.97 Å². The molecular formula is C58H49N5. The number of rotatable bonds is 6. The Labute approximate surface area is 368 Å². The van der Waals surface area contributed by atoms with Crippen LogP contribution in [0.3, 0.4) is 0 Å². The normalized spacial score (nSPS) is 12.3. The van der Waals surface area contributed by atoms with Crippen LogP contribution in [-0.4, -0.2) is 23.7 Å². The van der Waals surface area contributed by atoms with Gasteiger partial charge in [-0.25, -0.2) is 9.97 Å². The first-order valence-corrected chi connectivity index (χ1v) is 21.9. The summed E-state index contributed by atoms with van der Waals surface area (Å²) in [6.07, 6.45) is 0. The third kappa shape index (κ3) is 6.63. The maximum Gasteiger partial charge on any atom is 0.145 e. The molecule has 306 valence electrons. The van der Waals surface area contributed by atoms with Crippen molar-refractivity contribution in [2.24, 2.45) is 0 Å². The second-order valence-electron chi connectivity index (χ2n) is 18.8. The second kappa shape index (κ2) is 14.6. The van der Waals surface area contributed by atoms with Crippen LogP contribution in [0.4, 0.5) is 0 Å². The molecule has 0 radical (unpaired) electrons. The molecular weight excluding hydrogens is 767 g/mol. The van der Waals surface area contributed by atoms with Gasteiger partial charge in [-0.3, -0.25) is 9.13 Å². The summed E-state index contributed by atoms with van der Waals surface area (Å²) in [5.41, 5.74) is 16.6. The highest BCUT2D eigenvalue weighted by Gasteiger charge is 2.23. The summed E-state index contributed by atoms with van der Waals surface area (Å²) in [5, 5.41) is 2.57. The SMILES string of the molecule is CC(C)(C)c1ccc2c(c1)c1cc(C(C)(C)C)ccc1n2-c1ccc(-c2cc(-c3nc4ccccc4n3-c3ccccc3)cc(-c3nc4ccccc4n3-c3ccccc3)c2)cc1. The van der Waals surface area contributed by atoms with E-state index in [-0.39, 0.29) is 10.8 Å². The molecule has 0 amide bonds. The number of aromatic nitrogens is 5. The molecule has 0 saturated heterocycles. The van der Waals surface area contributed by atoms with Gasteiger partial charge in [-0.2, -0.15) is 0 Å². The van der Waals surface area contributed by atoms with Crippen LogP contribution in [0.5, 0.6) is 0 Å². The summed E-state index contributed by atoms with van der Waals surface area (Å²) in [6.45, 7) is 13.8. The molecule has 0 bridgehead atoms. The molecule has 0 aliphatic rings. The summed E-state index contributed by atoms with van der Waals surface area (Å²) in [5.74, 6) is 1.75. The zero-order valence-corrected chi connectivity index (χ0v) is 36.6. The largest absolute Gasteiger partial charge is 0.309 e. The number of hydrogen-bond acceptors (Lipinski definition) is 2. The molecule has 0 N–H and O–H groups in total. The molecule has 5 heteroatoms. The Hall–Kier alpha value is -7.50. The van der Waals surface area contributed by atoms with Crippen LogP contribution in [0.25, 0.3) is 94.8 Å². The van der Waals surface area contributed by atoms with Gasteiger partial charge in [-0.1, -0.05) is 126 Å². The topological polar surface area (TPSA) is 40.6 Å². The maximum atomic E-state index is 5.33. The number of imidazole rings is 2. The predicted molar refractivity (Wildman–Crippen MR) is 264 cm³/mol. The van der Waals surface area contributed by atoms with E-state index in [1.54, 1.807) is 0 Å². The highest BCUT2D eigenvalue weighted by atomic mass is 15.1. The smallest absolute Gasteiger partial charge is 0.145 e. The van der Waals surface area contributed by atoms with Gasteiger partial charge >= 0.3 is 0 Å². The van der Waals surface area contributed by atoms with Crippen LogP contribution in [0.1, 0.15) is 52.7 Å². The molecule has 0 atom stereocenters. The fraction of sp³-hybridized carbons (Fsp3) is 0.138. The van der Waals surface area contributed by atoms with E-state index >= 15 is 0 Å². The number of nitrogens with zero attached hydrogens (tertiary/aromatic N) is 5. The van der Waals surface area contributed by atoms with Gasteiger partial charge in [0.15, 0.2) is 0 Å². The highest BCUT2D eigenvalue weighted by Crippen LogP contribution is 2.40. The molecule has 11 aromatic rings. The molecule has 0 unspecified atom stereocenters. The van der Waals surface area contributed by atoms with Crippen LogP contribution in [0, 0.1) is 0 Å².